The van der Waals surface area contributed by atoms with Gasteiger partial charge in [-0.1, -0.05) is 13.8 Å². The van der Waals surface area contributed by atoms with Crippen molar-refractivity contribution in [3.63, 3.8) is 0 Å². The van der Waals surface area contributed by atoms with E-state index in [-0.39, 0.29) is 5.41 Å². The van der Waals surface area contributed by atoms with Crippen molar-refractivity contribution in [2.75, 3.05) is 5.73 Å². The second-order valence-corrected chi connectivity index (χ2v) is 5.96. The molecule has 1 saturated carbocycles. The summed E-state index contributed by atoms with van der Waals surface area (Å²) in [6.07, 6.45) is 4.19. The number of aryl methyl sites for hydroxylation is 1. The van der Waals surface area contributed by atoms with Crippen molar-refractivity contribution in [3.8, 4) is 11.3 Å². The van der Waals surface area contributed by atoms with Gasteiger partial charge in [0.25, 0.3) is 0 Å². The maximum absolute atomic E-state index is 5.78. The van der Waals surface area contributed by atoms with Crippen LogP contribution in [0.5, 0.6) is 0 Å². The average molecular weight is 255 g/mol. The molecule has 98 valence electrons. The molecular weight excluding hydrogens is 238 g/mol. The zero-order valence-corrected chi connectivity index (χ0v) is 11.4. The molecule has 2 aliphatic carbocycles. The molecule has 1 spiro atoms. The predicted octanol–water partition coefficient (Wildman–Crippen LogP) is 1.98. The number of fused-ring (bicyclic) bond motifs is 5. The minimum atomic E-state index is 0.0866. The Kier molecular flexibility index (Phi) is 1.82. The fourth-order valence-corrected chi connectivity index (χ4v) is 3.46. The van der Waals surface area contributed by atoms with E-state index >= 15 is 0 Å². The highest BCUT2D eigenvalue weighted by atomic mass is 15.3. The van der Waals surface area contributed by atoms with E-state index in [0.717, 1.165) is 18.5 Å². The molecule has 5 heteroatoms. The van der Waals surface area contributed by atoms with E-state index in [4.69, 9.17) is 10.8 Å². The molecular formula is C14H17N5. The Labute approximate surface area is 111 Å². The summed E-state index contributed by atoms with van der Waals surface area (Å²) in [6.45, 7) is 4.39. The van der Waals surface area contributed by atoms with Gasteiger partial charge in [0.2, 0.25) is 5.95 Å². The van der Waals surface area contributed by atoms with Gasteiger partial charge in [0, 0.05) is 29.8 Å². The fourth-order valence-electron chi connectivity index (χ4n) is 3.46. The second kappa shape index (κ2) is 3.15. The molecule has 5 nitrogen and oxygen atoms in total. The van der Waals surface area contributed by atoms with Crippen molar-refractivity contribution in [1.82, 2.24) is 19.7 Å². The third-order valence-electron chi connectivity index (χ3n) is 4.40. The van der Waals surface area contributed by atoms with Crippen LogP contribution in [0.15, 0.2) is 6.20 Å². The molecule has 2 N–H and O–H groups in total. The maximum atomic E-state index is 5.78. The van der Waals surface area contributed by atoms with E-state index in [1.54, 1.807) is 0 Å². The van der Waals surface area contributed by atoms with Gasteiger partial charge in [0.1, 0.15) is 0 Å². The first kappa shape index (κ1) is 11.0. The maximum Gasteiger partial charge on any atom is 0.220 e. The van der Waals surface area contributed by atoms with Gasteiger partial charge in [-0.3, -0.25) is 4.68 Å². The van der Waals surface area contributed by atoms with Gasteiger partial charge in [0.05, 0.1) is 17.1 Å². The summed E-state index contributed by atoms with van der Waals surface area (Å²) in [5.74, 6) is 0.764. The summed E-state index contributed by atoms with van der Waals surface area (Å²) >= 11 is 0. The van der Waals surface area contributed by atoms with Gasteiger partial charge in [-0.25, -0.2) is 9.97 Å². The van der Waals surface area contributed by atoms with Gasteiger partial charge >= 0.3 is 0 Å². The number of aromatic nitrogens is 4. The van der Waals surface area contributed by atoms with E-state index in [1.807, 2.05) is 17.9 Å². The molecule has 19 heavy (non-hydrogen) atoms. The molecule has 0 bridgehead atoms. The first-order chi connectivity index (χ1) is 9.04. The van der Waals surface area contributed by atoms with Crippen LogP contribution in [0.1, 0.15) is 49.6 Å². The van der Waals surface area contributed by atoms with Gasteiger partial charge in [-0.15, -0.1) is 0 Å². The Morgan fingerprint density at radius 2 is 2.11 bits per heavy atom. The van der Waals surface area contributed by atoms with Crippen LogP contribution in [0.25, 0.3) is 11.3 Å². The number of hydrogen-bond donors (Lipinski definition) is 1. The van der Waals surface area contributed by atoms with Gasteiger partial charge < -0.3 is 5.73 Å². The van der Waals surface area contributed by atoms with Crippen molar-refractivity contribution in [1.29, 1.82) is 0 Å². The van der Waals surface area contributed by atoms with E-state index in [1.165, 1.54) is 22.5 Å². The third kappa shape index (κ3) is 1.18. The van der Waals surface area contributed by atoms with Crippen molar-refractivity contribution < 1.29 is 0 Å². The van der Waals surface area contributed by atoms with E-state index < -0.39 is 0 Å². The van der Waals surface area contributed by atoms with Crippen molar-refractivity contribution in [2.45, 2.75) is 38.0 Å². The monoisotopic (exact) mass is 255 g/mol. The Morgan fingerprint density at radius 3 is 2.74 bits per heavy atom. The summed E-state index contributed by atoms with van der Waals surface area (Å²) in [5.41, 5.74) is 11.7. The molecule has 0 aliphatic heterocycles. The number of anilines is 1. The highest BCUT2D eigenvalue weighted by molar-refractivity contribution is 5.81. The molecule has 2 aromatic rings. The van der Waals surface area contributed by atoms with Crippen LogP contribution in [-0.4, -0.2) is 19.7 Å². The topological polar surface area (TPSA) is 69.6 Å². The SMILES string of the molecule is CC(C)c1c2c(nn1C)C1(CC1)c1cnc(N)nc1-2. The molecule has 0 unspecified atom stereocenters. The average Bonchev–Trinajstić information content (AvgIpc) is 3.01. The van der Waals surface area contributed by atoms with Gasteiger partial charge in [-0.05, 0) is 18.8 Å². The van der Waals surface area contributed by atoms with Gasteiger partial charge in [-0.2, -0.15) is 5.10 Å². The van der Waals surface area contributed by atoms with Crippen molar-refractivity contribution in [3.05, 3.63) is 23.1 Å². The number of hydrogen-bond acceptors (Lipinski definition) is 4. The normalized spacial score (nSPS) is 17.9. The smallest absolute Gasteiger partial charge is 0.220 e. The van der Waals surface area contributed by atoms with Crippen LogP contribution in [-0.2, 0) is 12.5 Å². The van der Waals surface area contributed by atoms with Crippen molar-refractivity contribution >= 4 is 5.95 Å². The zero-order valence-electron chi connectivity index (χ0n) is 11.4. The fraction of sp³-hybridized carbons (Fsp3) is 0.500. The highest BCUT2D eigenvalue weighted by Gasteiger charge is 2.56. The molecule has 0 radical (unpaired) electrons. The zero-order chi connectivity index (χ0) is 13.4. The molecule has 0 amide bonds. The molecule has 2 heterocycles. The summed E-state index contributed by atoms with van der Waals surface area (Å²) < 4.78 is 2.01. The predicted molar refractivity (Wildman–Crippen MR) is 72.7 cm³/mol. The van der Waals surface area contributed by atoms with Crippen LogP contribution < -0.4 is 5.73 Å². The molecule has 0 saturated heterocycles. The lowest BCUT2D eigenvalue weighted by Crippen LogP contribution is -2.09. The Hall–Kier alpha value is -1.91. The number of nitrogen functional groups attached to an aromatic ring is 1. The minimum absolute atomic E-state index is 0.0866. The number of nitrogens with two attached hydrogens (primary N) is 1. The quantitative estimate of drug-likeness (QED) is 0.846. The van der Waals surface area contributed by atoms with Gasteiger partial charge in [0.15, 0.2) is 0 Å². The first-order valence-electron chi connectivity index (χ1n) is 6.75. The third-order valence-corrected chi connectivity index (χ3v) is 4.40. The van der Waals surface area contributed by atoms with E-state index in [9.17, 15) is 0 Å². The van der Waals surface area contributed by atoms with Crippen LogP contribution in [0.3, 0.4) is 0 Å². The molecule has 0 atom stereocenters. The van der Waals surface area contributed by atoms with E-state index in [2.05, 4.69) is 23.8 Å². The molecule has 2 aliphatic rings. The largest absolute Gasteiger partial charge is 0.368 e. The van der Waals surface area contributed by atoms with Crippen LogP contribution in [0.2, 0.25) is 0 Å². The lowest BCUT2D eigenvalue weighted by atomic mass is 10.00. The lowest BCUT2D eigenvalue weighted by molar-refractivity contribution is 0.647. The molecule has 4 rings (SSSR count). The minimum Gasteiger partial charge on any atom is -0.368 e. The first-order valence-corrected chi connectivity index (χ1v) is 6.75. The number of nitrogens with zero attached hydrogens (tertiary/aromatic N) is 4. The van der Waals surface area contributed by atoms with Crippen LogP contribution in [0, 0.1) is 0 Å². The lowest BCUT2D eigenvalue weighted by Gasteiger charge is -2.11. The number of rotatable bonds is 1. The van der Waals surface area contributed by atoms with Crippen LogP contribution >= 0.6 is 0 Å². The Morgan fingerprint density at radius 1 is 1.37 bits per heavy atom. The Bertz CT molecular complexity index is 694. The Balaban J connectivity index is 2.09. The summed E-state index contributed by atoms with van der Waals surface area (Å²) in [7, 11) is 2.02. The summed E-state index contributed by atoms with van der Waals surface area (Å²) in [4.78, 5) is 8.68. The van der Waals surface area contributed by atoms with Crippen LogP contribution in [0.4, 0.5) is 5.95 Å². The molecule has 1 fully saturated rings. The van der Waals surface area contributed by atoms with Crippen molar-refractivity contribution in [2.24, 2.45) is 7.05 Å². The standard InChI is InChI=1S/C14H17N5/c1-7(2)11-9-10-8(6-16-13(15)17-10)14(4-5-14)12(9)18-19(11)3/h6-7H,4-5H2,1-3H3,(H2,15,16,17). The summed E-state index contributed by atoms with van der Waals surface area (Å²) in [6, 6.07) is 0. The molecule has 0 aromatic carbocycles. The molecule has 2 aromatic heterocycles. The van der Waals surface area contributed by atoms with E-state index in [0.29, 0.717) is 11.9 Å². The highest BCUT2D eigenvalue weighted by Crippen LogP contribution is 2.62. The summed E-state index contributed by atoms with van der Waals surface area (Å²) in [5, 5.41) is 4.78. The second-order valence-electron chi connectivity index (χ2n) is 5.96.